The Bertz CT molecular complexity index is 3620. The Kier molecular flexibility index (Phi) is 6.57. The smallest absolute Gasteiger partial charge is 0.166 e. The molecule has 1 aliphatic carbocycles. The van der Waals surface area contributed by atoms with Crippen LogP contribution in [0.15, 0.2) is 182 Å². The zero-order valence-corrected chi connectivity index (χ0v) is 31.8. The summed E-state index contributed by atoms with van der Waals surface area (Å²) in [5.74, 6) is 1.92. The van der Waals surface area contributed by atoms with Crippen LogP contribution in [0.5, 0.6) is 0 Å². The van der Waals surface area contributed by atoms with E-state index in [9.17, 15) is 0 Å². The van der Waals surface area contributed by atoms with Crippen molar-refractivity contribution in [2.24, 2.45) is 0 Å². The number of fused-ring (bicyclic) bond motifs is 8. The van der Waals surface area contributed by atoms with Crippen molar-refractivity contribution in [3.05, 3.63) is 182 Å². The average Bonchev–Trinajstić information content (AvgIpc) is 3.79. The Morgan fingerprint density at radius 1 is 0.362 bits per heavy atom. The van der Waals surface area contributed by atoms with E-state index in [1.165, 1.54) is 74.7 Å². The minimum atomic E-state index is 0.637. The van der Waals surface area contributed by atoms with Crippen LogP contribution >= 0.6 is 11.3 Å². The molecule has 1 aliphatic rings. The Morgan fingerprint density at radius 2 is 1.00 bits per heavy atom. The number of aromatic nitrogens is 4. The van der Waals surface area contributed by atoms with Gasteiger partial charge in [-0.2, -0.15) is 0 Å². The molecular formula is C53H30N4S. The van der Waals surface area contributed by atoms with E-state index in [0.29, 0.717) is 17.5 Å². The van der Waals surface area contributed by atoms with Gasteiger partial charge in [0, 0.05) is 53.0 Å². The second kappa shape index (κ2) is 12.0. The van der Waals surface area contributed by atoms with Crippen LogP contribution in [0, 0.1) is 0 Å². The van der Waals surface area contributed by atoms with Crippen molar-refractivity contribution in [2.45, 2.75) is 0 Å². The number of rotatable bonds is 4. The molecule has 4 nitrogen and oxygen atoms in total. The van der Waals surface area contributed by atoms with E-state index < -0.39 is 0 Å². The minimum Gasteiger partial charge on any atom is -0.308 e. The maximum absolute atomic E-state index is 5.32. The van der Waals surface area contributed by atoms with E-state index in [0.717, 1.165) is 33.4 Å². The van der Waals surface area contributed by atoms with Crippen LogP contribution in [0.25, 0.3) is 126 Å². The van der Waals surface area contributed by atoms with Gasteiger partial charge in [0.15, 0.2) is 17.5 Å². The SMILES string of the molecule is c1ccc(-c2nc(-c3ccccc3)nc(-c3cc4sc5ccccc5c4cc3-n3c4cccc5c4c4c6c(c7ccccc7cc6ccc43)-c3ccccc3-5)n2)cc1. The second-order valence-corrected chi connectivity index (χ2v) is 16.2. The molecule has 0 N–H and O–H groups in total. The standard InChI is InChI=1S/C53H30N4S/c1-3-14-31(15-4-1)51-54-52(32-16-5-2-6-17-32)56-53(55-51)41-30-46-40(37-21-11-12-25-45(37)58-46)29-44(41)57-42-24-13-23-39-36-20-9-10-22-38(36)48-35-19-8-7-18-33(35)28-34-26-27-43(57)50(47(34)48)49(39)42/h1-30H. The van der Waals surface area contributed by atoms with Crippen molar-refractivity contribution >= 4 is 74.9 Å². The van der Waals surface area contributed by atoms with E-state index in [1.807, 2.05) is 47.7 Å². The molecule has 0 saturated carbocycles. The van der Waals surface area contributed by atoms with Gasteiger partial charge in [0.05, 0.1) is 16.7 Å². The van der Waals surface area contributed by atoms with Crippen molar-refractivity contribution in [1.29, 1.82) is 0 Å². The third kappa shape index (κ3) is 4.47. The van der Waals surface area contributed by atoms with E-state index in [4.69, 9.17) is 15.0 Å². The number of nitrogens with zero attached hydrogens (tertiary/aromatic N) is 4. The molecule has 0 amide bonds. The first-order chi connectivity index (χ1) is 28.8. The molecule has 3 heterocycles. The van der Waals surface area contributed by atoms with E-state index in [-0.39, 0.29) is 0 Å². The van der Waals surface area contributed by atoms with Gasteiger partial charge in [0.1, 0.15) is 0 Å². The highest BCUT2D eigenvalue weighted by Crippen LogP contribution is 2.52. The van der Waals surface area contributed by atoms with Crippen molar-refractivity contribution < 1.29 is 0 Å². The number of hydrogen-bond acceptors (Lipinski definition) is 4. The molecule has 13 rings (SSSR count). The fraction of sp³-hybridized carbons (Fsp3) is 0. The summed E-state index contributed by atoms with van der Waals surface area (Å²) in [7, 11) is 0. The first-order valence-corrected chi connectivity index (χ1v) is 20.4. The Labute approximate surface area is 337 Å². The summed E-state index contributed by atoms with van der Waals surface area (Å²) < 4.78 is 4.93. The van der Waals surface area contributed by atoms with Gasteiger partial charge < -0.3 is 4.57 Å². The molecule has 0 spiro atoms. The lowest BCUT2D eigenvalue weighted by Gasteiger charge is -2.18. The lowest BCUT2D eigenvalue weighted by atomic mass is 9.89. The fourth-order valence-electron chi connectivity index (χ4n) is 9.46. The number of thiophene rings is 1. The lowest BCUT2D eigenvalue weighted by Crippen LogP contribution is -2.04. The summed E-state index contributed by atoms with van der Waals surface area (Å²) in [6.45, 7) is 0. The fourth-order valence-corrected chi connectivity index (χ4v) is 10.6. The summed E-state index contributed by atoms with van der Waals surface area (Å²) in [6, 6.07) is 65.5. The largest absolute Gasteiger partial charge is 0.308 e. The summed E-state index contributed by atoms with van der Waals surface area (Å²) in [4.78, 5) is 15.7. The molecule has 58 heavy (non-hydrogen) atoms. The average molecular weight is 755 g/mol. The van der Waals surface area contributed by atoms with Crippen molar-refractivity contribution in [1.82, 2.24) is 19.5 Å². The first-order valence-electron chi connectivity index (χ1n) is 19.6. The van der Waals surface area contributed by atoms with Crippen LogP contribution in [-0.2, 0) is 0 Å². The van der Waals surface area contributed by atoms with Crippen LogP contribution in [0.4, 0.5) is 0 Å². The van der Waals surface area contributed by atoms with E-state index >= 15 is 0 Å². The van der Waals surface area contributed by atoms with E-state index in [1.54, 1.807) is 0 Å². The quantitative estimate of drug-likeness (QED) is 0.168. The Morgan fingerprint density at radius 3 is 1.79 bits per heavy atom. The third-order valence-corrected chi connectivity index (χ3v) is 13.1. The molecule has 268 valence electrons. The molecule has 0 fully saturated rings. The van der Waals surface area contributed by atoms with Crippen molar-refractivity contribution in [3.63, 3.8) is 0 Å². The van der Waals surface area contributed by atoms with Gasteiger partial charge in [-0.15, -0.1) is 11.3 Å². The normalized spacial score (nSPS) is 12.1. The van der Waals surface area contributed by atoms with Gasteiger partial charge in [0.2, 0.25) is 0 Å². The lowest BCUT2D eigenvalue weighted by molar-refractivity contribution is 1.07. The summed E-state index contributed by atoms with van der Waals surface area (Å²) in [5, 5.41) is 10.0. The molecule has 0 aliphatic heterocycles. The van der Waals surface area contributed by atoms with Crippen molar-refractivity contribution in [3.8, 4) is 62.1 Å². The molecule has 0 radical (unpaired) electrons. The summed E-state index contributed by atoms with van der Waals surface area (Å²) in [5.41, 5.74) is 11.2. The highest BCUT2D eigenvalue weighted by atomic mass is 32.1. The topological polar surface area (TPSA) is 43.6 Å². The zero-order chi connectivity index (χ0) is 37.9. The van der Waals surface area contributed by atoms with Gasteiger partial charge >= 0.3 is 0 Å². The van der Waals surface area contributed by atoms with Crippen LogP contribution < -0.4 is 0 Å². The van der Waals surface area contributed by atoms with Gasteiger partial charge in [-0.05, 0) is 74.8 Å². The molecule has 0 atom stereocenters. The molecule has 0 saturated heterocycles. The van der Waals surface area contributed by atoms with Crippen LogP contribution in [0.2, 0.25) is 0 Å². The van der Waals surface area contributed by atoms with Gasteiger partial charge in [-0.1, -0.05) is 146 Å². The molecule has 0 bridgehead atoms. The minimum absolute atomic E-state index is 0.637. The third-order valence-electron chi connectivity index (χ3n) is 11.9. The Balaban J connectivity index is 1.21. The highest BCUT2D eigenvalue weighted by molar-refractivity contribution is 7.25. The Hall–Kier alpha value is -7.47. The molecule has 3 aromatic heterocycles. The molecular weight excluding hydrogens is 725 g/mol. The number of hydrogen-bond donors (Lipinski definition) is 0. The predicted molar refractivity (Wildman–Crippen MR) is 243 cm³/mol. The zero-order valence-electron chi connectivity index (χ0n) is 31.0. The van der Waals surface area contributed by atoms with E-state index in [2.05, 4.69) is 150 Å². The van der Waals surface area contributed by atoms with Crippen LogP contribution in [-0.4, -0.2) is 19.5 Å². The molecule has 9 aromatic carbocycles. The predicted octanol–water partition coefficient (Wildman–Crippen LogP) is 14.3. The van der Waals surface area contributed by atoms with Gasteiger partial charge in [-0.25, -0.2) is 15.0 Å². The second-order valence-electron chi connectivity index (χ2n) is 15.1. The molecule has 5 heteroatoms. The van der Waals surface area contributed by atoms with Gasteiger partial charge in [-0.3, -0.25) is 0 Å². The monoisotopic (exact) mass is 754 g/mol. The number of benzene rings is 9. The first kappa shape index (κ1) is 31.7. The van der Waals surface area contributed by atoms with Crippen LogP contribution in [0.1, 0.15) is 0 Å². The maximum Gasteiger partial charge on any atom is 0.166 e. The maximum atomic E-state index is 5.32. The van der Waals surface area contributed by atoms with Crippen LogP contribution in [0.3, 0.4) is 0 Å². The molecule has 12 aromatic rings. The van der Waals surface area contributed by atoms with Crippen molar-refractivity contribution in [2.75, 3.05) is 0 Å². The van der Waals surface area contributed by atoms with Gasteiger partial charge in [0.25, 0.3) is 0 Å². The summed E-state index contributed by atoms with van der Waals surface area (Å²) in [6.07, 6.45) is 0. The summed E-state index contributed by atoms with van der Waals surface area (Å²) >= 11 is 1.81. The molecule has 0 unspecified atom stereocenters. The highest BCUT2D eigenvalue weighted by Gasteiger charge is 2.28.